The van der Waals surface area contributed by atoms with Gasteiger partial charge in [0.15, 0.2) is 48.3 Å². The van der Waals surface area contributed by atoms with Gasteiger partial charge in [-0.05, 0) is 55.4 Å². The van der Waals surface area contributed by atoms with Crippen LogP contribution < -0.4 is 21.7 Å². The zero-order chi connectivity index (χ0) is 56.9. The number of nitrogens with two attached hydrogens (primary N) is 1. The number of carboxylic acids is 1. The van der Waals surface area contributed by atoms with Crippen molar-refractivity contribution in [1.29, 1.82) is 0 Å². The molecule has 0 aliphatic carbocycles. The van der Waals surface area contributed by atoms with Gasteiger partial charge in [-0.3, -0.25) is 19.2 Å². The lowest BCUT2D eigenvalue weighted by Gasteiger charge is -2.34. The van der Waals surface area contributed by atoms with Gasteiger partial charge in [-0.2, -0.15) is 13.2 Å². The van der Waals surface area contributed by atoms with Gasteiger partial charge in [-0.1, -0.05) is 0 Å². The van der Waals surface area contributed by atoms with E-state index in [1.807, 2.05) is 0 Å². The van der Waals surface area contributed by atoms with Gasteiger partial charge in [0, 0.05) is 53.7 Å². The van der Waals surface area contributed by atoms with Crippen LogP contribution in [-0.4, -0.2) is 222 Å². The molecular weight excluding hydrogens is 1050 g/mol. The average molecular weight is 1120 g/mol. The molecule has 0 aromatic rings. The number of carbonyl (C=O) groups excluding carboxylic acids is 4. The van der Waals surface area contributed by atoms with Crippen LogP contribution in [0, 0.1) is 0 Å². The molecule has 0 aromatic heterocycles. The molecular formula is C47H73F3N4O23. The Balaban J connectivity index is 0.00000115. The minimum Gasteiger partial charge on any atom is -0.475 e. The molecule has 20 atom stereocenters. The monoisotopic (exact) mass is 1120 g/mol. The van der Waals surface area contributed by atoms with E-state index < -0.39 is 194 Å². The van der Waals surface area contributed by atoms with E-state index in [0.29, 0.717) is 0 Å². The van der Waals surface area contributed by atoms with Crippen molar-refractivity contribution in [2.45, 2.75) is 233 Å². The molecule has 8 aliphatic rings. The first-order valence-corrected chi connectivity index (χ1v) is 25.0. The number of amides is 3. The molecule has 8 saturated heterocycles. The van der Waals surface area contributed by atoms with E-state index in [9.17, 15) is 32.3 Å². The summed E-state index contributed by atoms with van der Waals surface area (Å²) in [5.41, 5.74) is 6.64. The Morgan fingerprint density at radius 1 is 0.481 bits per heavy atom. The quantitative estimate of drug-likeness (QED) is 0.104. The summed E-state index contributed by atoms with van der Waals surface area (Å²) in [7, 11) is 7.10. The van der Waals surface area contributed by atoms with Crippen LogP contribution >= 0.6 is 0 Å². The second kappa shape index (κ2) is 23.5. The molecule has 3 amide bonds. The van der Waals surface area contributed by atoms with Gasteiger partial charge < -0.3 is 107 Å². The Morgan fingerprint density at radius 2 is 0.740 bits per heavy atom. The van der Waals surface area contributed by atoms with E-state index >= 15 is 0 Å². The van der Waals surface area contributed by atoms with Crippen molar-refractivity contribution in [3.05, 3.63) is 0 Å². The fourth-order valence-corrected chi connectivity index (χ4v) is 10.9. The average Bonchev–Trinajstić information content (AvgIpc) is 4.19. The van der Waals surface area contributed by atoms with Crippen LogP contribution in [0.25, 0.3) is 0 Å². The Morgan fingerprint density at radius 3 is 1.01 bits per heavy atom. The van der Waals surface area contributed by atoms with Crippen molar-refractivity contribution in [3.8, 4) is 0 Å². The Hall–Kier alpha value is -3.54. The molecule has 30 heteroatoms. The Bertz CT molecular complexity index is 2120. The van der Waals surface area contributed by atoms with Crippen LogP contribution in [-0.2, 0) is 104 Å². The van der Waals surface area contributed by atoms with Gasteiger partial charge in [0.05, 0.1) is 31.7 Å². The summed E-state index contributed by atoms with van der Waals surface area (Å²) in [6.07, 6.45) is -19.4. The minimum atomic E-state index is -5.08. The van der Waals surface area contributed by atoms with Crippen molar-refractivity contribution in [2.24, 2.45) is 5.73 Å². The number of fused-ring (bicyclic) bond motifs is 4. The SMILES string of the molecule is COC(=O)CC(NC(=O)CC(NC(=O)CC(NC(=O)CC(N)[C@H]1O[C@@H]2OC(C)(C)O[C@@H]2[C@H]1OC)[C@@H]1O[C@@H]2OC(C)(C)O[C@@H]2[C@H]1OC)[C@H]1O[C@@H]2OC(C)(C)O[C@@H]2[C@H]1OC)[C@@H]1O[C@@H]2OC(C)(C)O[C@@H]2[C@H]1OC.O=C(O)C(F)(F)F. The van der Waals surface area contributed by atoms with Crippen LogP contribution in [0.5, 0.6) is 0 Å². The van der Waals surface area contributed by atoms with Crippen molar-refractivity contribution < 1.29 is 123 Å². The number of hydrogen-bond acceptors (Lipinski definition) is 23. The molecule has 6 N–H and O–H groups in total. The van der Waals surface area contributed by atoms with Crippen LogP contribution in [0.15, 0.2) is 0 Å². The second-order valence-corrected chi connectivity index (χ2v) is 21.5. The molecule has 77 heavy (non-hydrogen) atoms. The first kappa shape index (κ1) is 61.1. The van der Waals surface area contributed by atoms with Crippen LogP contribution in [0.4, 0.5) is 13.2 Å². The number of esters is 1. The third-order valence-electron chi connectivity index (χ3n) is 13.9. The lowest BCUT2D eigenvalue weighted by Crippen LogP contribution is -2.57. The molecule has 0 spiro atoms. The third-order valence-corrected chi connectivity index (χ3v) is 13.9. The maximum atomic E-state index is 14.6. The van der Waals surface area contributed by atoms with E-state index in [1.54, 1.807) is 55.4 Å². The molecule has 27 nitrogen and oxygen atoms in total. The maximum absolute atomic E-state index is 14.6. The smallest absolute Gasteiger partial charge is 0.475 e. The maximum Gasteiger partial charge on any atom is 0.490 e. The molecule has 440 valence electrons. The standard InChI is InChI=1S/C45H72N4O21.C2HF3O2/c1-42(2)63-34-30(55-10)26(59-38(34)67-42)18(46)14-22(50)47-19(27-31(56-11)35-39(60-27)68-43(3,4)64-35)15-23(51)48-20(28-32(57-12)36-40(61-28)69-44(5,6)65-36)16-24(52)49-21(17-25(53)54-9)29-33(58-13)37-41(62-29)70-45(7,8)66-37;3-2(4,5)1(6)7/h18-21,26-41H,14-17,46H2,1-13H3,(H,47,50)(H,48,51)(H,49,52);(H,6,7)/t18?,19?,20?,21?,26-,27+,28-,29+,30+,31+,32+,33+,34-,35-,36-,37-,38-,39-,40-,41-;/m1./s1. The number of ether oxygens (including phenoxy) is 17. The first-order chi connectivity index (χ1) is 35.8. The molecule has 0 bridgehead atoms. The number of halogens is 3. The van der Waals surface area contributed by atoms with Crippen molar-refractivity contribution >= 4 is 29.7 Å². The van der Waals surface area contributed by atoms with E-state index in [1.165, 1.54) is 35.5 Å². The van der Waals surface area contributed by atoms with Gasteiger partial charge >= 0.3 is 18.1 Å². The highest BCUT2D eigenvalue weighted by atomic mass is 19.4. The number of hydrogen-bond donors (Lipinski definition) is 5. The molecule has 0 saturated carbocycles. The summed E-state index contributed by atoms with van der Waals surface area (Å²) < 4.78 is 133. The number of carboxylic acid groups (broad SMARTS) is 1. The summed E-state index contributed by atoms with van der Waals surface area (Å²) >= 11 is 0. The topological polar surface area (TPSA) is 325 Å². The van der Waals surface area contributed by atoms with Crippen LogP contribution in [0.2, 0.25) is 0 Å². The molecule has 0 aromatic carbocycles. The number of nitrogens with one attached hydrogen (secondary N) is 3. The Labute approximate surface area is 442 Å². The van der Waals surface area contributed by atoms with Crippen LogP contribution in [0.3, 0.4) is 0 Å². The molecule has 0 radical (unpaired) electrons. The van der Waals surface area contributed by atoms with E-state index in [2.05, 4.69) is 16.0 Å². The predicted molar refractivity (Wildman–Crippen MR) is 246 cm³/mol. The van der Waals surface area contributed by atoms with E-state index in [0.717, 1.165) is 0 Å². The number of alkyl halides is 3. The first-order valence-electron chi connectivity index (χ1n) is 25.0. The predicted octanol–water partition coefficient (Wildman–Crippen LogP) is -0.300. The summed E-state index contributed by atoms with van der Waals surface area (Å²) in [6.45, 7) is 13.9. The van der Waals surface area contributed by atoms with E-state index in [4.69, 9.17) is 96.2 Å². The zero-order valence-corrected chi connectivity index (χ0v) is 45.0. The number of methoxy groups -OCH3 is 5. The summed E-state index contributed by atoms with van der Waals surface area (Å²) in [5.74, 6) is -9.11. The Kier molecular flexibility index (Phi) is 18.6. The van der Waals surface area contributed by atoms with Gasteiger partial charge in [-0.15, -0.1) is 0 Å². The van der Waals surface area contributed by atoms with Gasteiger partial charge in [0.2, 0.25) is 17.7 Å². The van der Waals surface area contributed by atoms with Gasteiger partial charge in [-0.25, -0.2) is 4.79 Å². The zero-order valence-electron chi connectivity index (χ0n) is 45.0. The number of carbonyl (C=O) groups is 5. The number of aliphatic carboxylic acids is 1. The molecule has 8 aliphatic heterocycles. The summed E-state index contributed by atoms with van der Waals surface area (Å²) in [5, 5.41) is 16.0. The third kappa shape index (κ3) is 14.0. The van der Waals surface area contributed by atoms with Crippen LogP contribution in [0.1, 0.15) is 81.1 Å². The second-order valence-electron chi connectivity index (χ2n) is 21.5. The lowest BCUT2D eigenvalue weighted by atomic mass is 9.96. The van der Waals surface area contributed by atoms with Crippen molar-refractivity contribution in [2.75, 3.05) is 35.5 Å². The normalized spacial score (nSPS) is 38.2. The summed E-state index contributed by atoms with van der Waals surface area (Å²) in [6, 6.07) is -4.14. The highest BCUT2D eigenvalue weighted by Gasteiger charge is 2.61. The van der Waals surface area contributed by atoms with Crippen molar-refractivity contribution in [1.82, 2.24) is 16.0 Å². The highest BCUT2D eigenvalue weighted by molar-refractivity contribution is 5.82. The summed E-state index contributed by atoms with van der Waals surface area (Å²) in [4.78, 5) is 64.9. The highest BCUT2D eigenvalue weighted by Crippen LogP contribution is 2.44. The fraction of sp³-hybridized carbons (Fsp3) is 0.894. The van der Waals surface area contributed by atoms with Gasteiger partial charge in [0.1, 0.15) is 73.2 Å². The molecule has 4 unspecified atom stereocenters. The van der Waals surface area contributed by atoms with E-state index in [-0.39, 0.29) is 12.8 Å². The van der Waals surface area contributed by atoms with Gasteiger partial charge in [0.25, 0.3) is 0 Å². The molecule has 8 heterocycles. The fourth-order valence-electron chi connectivity index (χ4n) is 10.9. The largest absolute Gasteiger partial charge is 0.490 e. The lowest BCUT2D eigenvalue weighted by molar-refractivity contribution is -0.221. The van der Waals surface area contributed by atoms with Crippen molar-refractivity contribution in [3.63, 3.8) is 0 Å². The molecule has 8 rings (SSSR count). The number of rotatable bonds is 19. The molecule has 8 fully saturated rings. The minimum absolute atomic E-state index is 0.269.